The van der Waals surface area contributed by atoms with Gasteiger partial charge < -0.3 is 10.4 Å². The minimum Gasteiger partial charge on any atom is -0.493 e. The normalized spacial score (nSPS) is 14.8. The highest BCUT2D eigenvalue weighted by Gasteiger charge is 2.29. The maximum Gasteiger partial charge on any atom is 0.446 e. The fraction of sp³-hybridized carbons (Fsp3) is 0.348. The van der Waals surface area contributed by atoms with Crippen molar-refractivity contribution in [3.8, 4) is 11.6 Å². The van der Waals surface area contributed by atoms with Gasteiger partial charge in [0, 0.05) is 17.0 Å². The van der Waals surface area contributed by atoms with Crippen molar-refractivity contribution in [2.45, 2.75) is 49.1 Å². The number of halogens is 3. The molecule has 0 spiro atoms. The van der Waals surface area contributed by atoms with E-state index in [0.717, 1.165) is 36.7 Å². The molecule has 0 saturated heterocycles. The Hall–Kier alpha value is -3.21. The largest absolute Gasteiger partial charge is 0.493 e. The molecular weight excluding hydrogens is 469 g/mol. The van der Waals surface area contributed by atoms with Crippen LogP contribution in [0.3, 0.4) is 0 Å². The lowest BCUT2D eigenvalue weighted by molar-refractivity contribution is -0.120. The molecule has 0 radical (unpaired) electrons. The summed E-state index contributed by atoms with van der Waals surface area (Å²) in [6.45, 7) is 0.107. The van der Waals surface area contributed by atoms with Crippen LogP contribution in [0.2, 0.25) is 0 Å². The summed E-state index contributed by atoms with van der Waals surface area (Å²) in [6, 6.07) is 8.52. The van der Waals surface area contributed by atoms with Crippen LogP contribution in [0.4, 0.5) is 19.0 Å². The number of carbonyl (C=O) groups excluding carboxylic acids is 1. The maximum absolute atomic E-state index is 12.9. The number of aromatic nitrogens is 3. The van der Waals surface area contributed by atoms with Gasteiger partial charge in [-0.2, -0.15) is 13.2 Å². The van der Waals surface area contributed by atoms with Gasteiger partial charge in [-0.05, 0) is 66.6 Å². The van der Waals surface area contributed by atoms with Gasteiger partial charge in [0.1, 0.15) is 5.82 Å². The number of anilines is 1. The van der Waals surface area contributed by atoms with Crippen molar-refractivity contribution in [2.24, 2.45) is 5.92 Å². The summed E-state index contributed by atoms with van der Waals surface area (Å²) in [5.74, 6) is -0.0326. The first kappa shape index (κ1) is 23.9. The Balaban J connectivity index is 1.49. The van der Waals surface area contributed by atoms with E-state index in [1.807, 2.05) is 0 Å². The standard InChI is InChI=1S/C23H23F3N4O3S/c24-23(25,26)34-18-8-6-17(7-9-18)30-20(31)14-29(22(30)33)13-15-10-11-27-19(12-15)28-21(32)16-4-2-1-3-5-16/h6-12,14,16,31H,1-5,13H2,(H,27,28,32). The molecule has 1 fully saturated rings. The third kappa shape index (κ3) is 5.82. The van der Waals surface area contributed by atoms with Crippen molar-refractivity contribution in [3.05, 3.63) is 64.8 Å². The topological polar surface area (TPSA) is 89.2 Å². The molecule has 2 aromatic heterocycles. The van der Waals surface area contributed by atoms with Crippen molar-refractivity contribution in [2.75, 3.05) is 5.32 Å². The average Bonchev–Trinajstić information content (AvgIpc) is 3.07. The van der Waals surface area contributed by atoms with E-state index in [-0.39, 0.29) is 46.6 Å². The Morgan fingerprint density at radius 3 is 2.53 bits per heavy atom. The van der Waals surface area contributed by atoms with Crippen LogP contribution in [-0.4, -0.2) is 30.6 Å². The van der Waals surface area contributed by atoms with Gasteiger partial charge in [0.25, 0.3) is 0 Å². The lowest BCUT2D eigenvalue weighted by Crippen LogP contribution is -2.25. The van der Waals surface area contributed by atoms with Gasteiger partial charge in [0.05, 0.1) is 18.4 Å². The number of benzene rings is 1. The van der Waals surface area contributed by atoms with Crippen LogP contribution < -0.4 is 11.0 Å². The van der Waals surface area contributed by atoms with Crippen molar-refractivity contribution in [3.63, 3.8) is 0 Å². The summed E-state index contributed by atoms with van der Waals surface area (Å²) in [5, 5.41) is 13.1. The zero-order valence-corrected chi connectivity index (χ0v) is 18.9. The second kappa shape index (κ2) is 9.96. The van der Waals surface area contributed by atoms with E-state index in [1.54, 1.807) is 12.1 Å². The number of pyridine rings is 1. The number of hydrogen-bond donors (Lipinski definition) is 2. The van der Waals surface area contributed by atoms with Gasteiger partial charge >= 0.3 is 11.2 Å². The molecule has 3 aromatic rings. The predicted octanol–water partition coefficient (Wildman–Crippen LogP) is 4.92. The average molecular weight is 493 g/mol. The molecule has 1 aliphatic rings. The smallest absolute Gasteiger partial charge is 0.446 e. The van der Waals surface area contributed by atoms with Crippen LogP contribution in [-0.2, 0) is 11.3 Å². The van der Waals surface area contributed by atoms with E-state index in [2.05, 4.69) is 10.3 Å². The number of imidazole rings is 1. The monoisotopic (exact) mass is 492 g/mol. The number of nitrogens with zero attached hydrogens (tertiary/aromatic N) is 3. The molecule has 1 saturated carbocycles. The van der Waals surface area contributed by atoms with E-state index < -0.39 is 11.2 Å². The Morgan fingerprint density at radius 1 is 1.15 bits per heavy atom. The number of carbonyl (C=O) groups is 1. The van der Waals surface area contributed by atoms with Crippen LogP contribution in [0, 0.1) is 5.92 Å². The first-order valence-corrected chi connectivity index (χ1v) is 11.6. The van der Waals surface area contributed by atoms with Gasteiger partial charge in [-0.25, -0.2) is 14.3 Å². The van der Waals surface area contributed by atoms with Gasteiger partial charge in [-0.1, -0.05) is 19.3 Å². The zero-order chi connectivity index (χ0) is 24.3. The first-order chi connectivity index (χ1) is 16.2. The summed E-state index contributed by atoms with van der Waals surface area (Å²) in [6.07, 6.45) is 7.74. The van der Waals surface area contributed by atoms with Gasteiger partial charge in [-0.15, -0.1) is 0 Å². The SMILES string of the molecule is O=C(Nc1cc(Cn2cc(O)n(-c3ccc(SC(F)(F)F)cc3)c2=O)ccn1)C1CCCCC1. The molecule has 1 aliphatic carbocycles. The molecule has 7 nitrogen and oxygen atoms in total. The molecular formula is C23H23F3N4O3S. The van der Waals surface area contributed by atoms with Crippen LogP contribution in [0.5, 0.6) is 5.88 Å². The minimum absolute atomic E-state index is 0.0197. The molecule has 1 amide bonds. The summed E-state index contributed by atoms with van der Waals surface area (Å²) >= 11 is -0.257. The van der Waals surface area contributed by atoms with E-state index in [1.165, 1.54) is 41.2 Å². The van der Waals surface area contributed by atoms with Crippen molar-refractivity contribution in [1.82, 2.24) is 14.1 Å². The molecule has 1 aromatic carbocycles. The number of amides is 1. The Kier molecular flexibility index (Phi) is 7.01. The Labute approximate surface area is 197 Å². The molecule has 0 aliphatic heterocycles. The second-order valence-corrected chi connectivity index (χ2v) is 9.29. The highest BCUT2D eigenvalue weighted by atomic mass is 32.2. The van der Waals surface area contributed by atoms with E-state index >= 15 is 0 Å². The van der Waals surface area contributed by atoms with Crippen molar-refractivity contribution >= 4 is 23.5 Å². The second-order valence-electron chi connectivity index (χ2n) is 8.15. The molecule has 0 unspecified atom stereocenters. The predicted molar refractivity (Wildman–Crippen MR) is 122 cm³/mol. The van der Waals surface area contributed by atoms with E-state index in [4.69, 9.17) is 0 Å². The number of hydrogen-bond acceptors (Lipinski definition) is 5. The number of nitrogens with one attached hydrogen (secondary N) is 1. The quantitative estimate of drug-likeness (QED) is 0.477. The first-order valence-electron chi connectivity index (χ1n) is 10.8. The molecule has 2 N–H and O–H groups in total. The third-order valence-electron chi connectivity index (χ3n) is 5.67. The number of aromatic hydroxyl groups is 1. The van der Waals surface area contributed by atoms with Gasteiger partial charge in [0.15, 0.2) is 0 Å². The molecule has 11 heteroatoms. The number of thioether (sulfide) groups is 1. The summed E-state index contributed by atoms with van der Waals surface area (Å²) in [4.78, 5) is 29.5. The summed E-state index contributed by atoms with van der Waals surface area (Å²) in [7, 11) is 0. The lowest BCUT2D eigenvalue weighted by Gasteiger charge is -2.20. The molecule has 0 atom stereocenters. The molecule has 4 rings (SSSR count). The fourth-order valence-electron chi connectivity index (χ4n) is 4.06. The third-order valence-corrected chi connectivity index (χ3v) is 6.41. The van der Waals surface area contributed by atoms with E-state index in [0.29, 0.717) is 11.4 Å². The van der Waals surface area contributed by atoms with Crippen molar-refractivity contribution < 1.29 is 23.1 Å². The molecule has 180 valence electrons. The van der Waals surface area contributed by atoms with Crippen LogP contribution >= 0.6 is 11.8 Å². The maximum atomic E-state index is 12.9. The minimum atomic E-state index is -4.41. The highest BCUT2D eigenvalue weighted by Crippen LogP contribution is 2.37. The van der Waals surface area contributed by atoms with Crippen LogP contribution in [0.25, 0.3) is 5.69 Å². The Bertz CT molecular complexity index is 1220. The molecule has 2 heterocycles. The number of alkyl halides is 3. The number of rotatable bonds is 6. The molecule has 34 heavy (non-hydrogen) atoms. The van der Waals surface area contributed by atoms with Crippen molar-refractivity contribution in [1.29, 1.82) is 0 Å². The van der Waals surface area contributed by atoms with Crippen LogP contribution in [0.1, 0.15) is 37.7 Å². The molecule has 0 bridgehead atoms. The zero-order valence-electron chi connectivity index (χ0n) is 18.1. The Morgan fingerprint density at radius 2 is 1.85 bits per heavy atom. The van der Waals surface area contributed by atoms with Crippen LogP contribution in [0.15, 0.2) is 58.5 Å². The lowest BCUT2D eigenvalue weighted by atomic mass is 9.89. The summed E-state index contributed by atoms with van der Waals surface area (Å²) < 4.78 is 39.9. The van der Waals surface area contributed by atoms with Gasteiger partial charge in [0.2, 0.25) is 11.8 Å². The van der Waals surface area contributed by atoms with Gasteiger partial charge in [-0.3, -0.25) is 9.36 Å². The van der Waals surface area contributed by atoms with E-state index in [9.17, 15) is 27.9 Å². The fourth-order valence-corrected chi connectivity index (χ4v) is 4.60. The summed E-state index contributed by atoms with van der Waals surface area (Å²) in [5.41, 5.74) is -4.05. The highest BCUT2D eigenvalue weighted by molar-refractivity contribution is 8.00.